The van der Waals surface area contributed by atoms with Crippen molar-refractivity contribution in [2.45, 2.75) is 12.5 Å². The van der Waals surface area contributed by atoms with E-state index in [2.05, 4.69) is 9.97 Å². The molecular formula is C16H13Cl2N3. The lowest BCUT2D eigenvalue weighted by atomic mass is 10.0. The van der Waals surface area contributed by atoms with Crippen molar-refractivity contribution in [3.8, 4) is 0 Å². The maximum Gasteiger partial charge on any atom is 0.0890 e. The zero-order valence-corrected chi connectivity index (χ0v) is 12.6. The number of hydrogen-bond acceptors (Lipinski definition) is 3. The number of hydrogen-bond donors (Lipinski definition) is 1. The average molecular weight is 318 g/mol. The summed E-state index contributed by atoms with van der Waals surface area (Å²) >= 11 is 12.4. The minimum atomic E-state index is -0.306. The Labute approximate surface area is 132 Å². The molecule has 1 heterocycles. The van der Waals surface area contributed by atoms with Gasteiger partial charge in [0, 0.05) is 10.0 Å². The molecule has 106 valence electrons. The first-order valence-corrected chi connectivity index (χ1v) is 7.31. The van der Waals surface area contributed by atoms with Crippen molar-refractivity contribution in [1.29, 1.82) is 0 Å². The molecule has 5 heteroatoms. The summed E-state index contributed by atoms with van der Waals surface area (Å²) in [6.07, 6.45) is 2.23. The van der Waals surface area contributed by atoms with E-state index in [1.165, 1.54) is 0 Å². The number of fused-ring (bicyclic) bond motifs is 1. The smallest absolute Gasteiger partial charge is 0.0890 e. The molecule has 0 bridgehead atoms. The molecule has 0 saturated heterocycles. The van der Waals surface area contributed by atoms with Crippen LogP contribution in [0.15, 0.2) is 48.7 Å². The van der Waals surface area contributed by atoms with E-state index < -0.39 is 0 Å². The fraction of sp³-hybridized carbons (Fsp3) is 0.125. The van der Waals surface area contributed by atoms with Crippen LogP contribution in [0.2, 0.25) is 10.0 Å². The van der Waals surface area contributed by atoms with E-state index in [0.717, 1.165) is 22.3 Å². The van der Waals surface area contributed by atoms with Crippen LogP contribution in [0.25, 0.3) is 11.0 Å². The number of rotatable bonds is 3. The molecule has 0 aliphatic carbocycles. The van der Waals surface area contributed by atoms with Crippen LogP contribution in [0, 0.1) is 0 Å². The Morgan fingerprint density at radius 3 is 2.33 bits per heavy atom. The molecule has 3 rings (SSSR count). The van der Waals surface area contributed by atoms with Crippen molar-refractivity contribution in [2.75, 3.05) is 0 Å². The zero-order valence-electron chi connectivity index (χ0n) is 11.1. The molecule has 1 aromatic heterocycles. The predicted molar refractivity (Wildman–Crippen MR) is 86.6 cm³/mol. The lowest BCUT2D eigenvalue weighted by molar-refractivity contribution is 0.696. The lowest BCUT2D eigenvalue weighted by Crippen LogP contribution is -2.16. The second kappa shape index (κ2) is 5.98. The van der Waals surface area contributed by atoms with Crippen LogP contribution in [0.3, 0.4) is 0 Å². The predicted octanol–water partition coefficient (Wildman–Crippen LogP) is 4.18. The molecule has 0 radical (unpaired) electrons. The first kappa shape index (κ1) is 14.3. The maximum atomic E-state index is 6.24. The van der Waals surface area contributed by atoms with Crippen molar-refractivity contribution in [2.24, 2.45) is 5.73 Å². The molecule has 0 aliphatic rings. The van der Waals surface area contributed by atoms with E-state index in [0.29, 0.717) is 16.5 Å². The Morgan fingerprint density at radius 1 is 0.952 bits per heavy atom. The SMILES string of the molecule is NC(Cc1c(Cl)cccc1Cl)c1cnc2ccccc2n1. The minimum absolute atomic E-state index is 0.306. The summed E-state index contributed by atoms with van der Waals surface area (Å²) in [6, 6.07) is 12.8. The van der Waals surface area contributed by atoms with Gasteiger partial charge in [-0.2, -0.15) is 0 Å². The highest BCUT2D eigenvalue weighted by atomic mass is 35.5. The average Bonchev–Trinajstić information content (AvgIpc) is 2.50. The number of halogens is 2. The van der Waals surface area contributed by atoms with E-state index in [1.54, 1.807) is 6.20 Å². The second-order valence-electron chi connectivity index (χ2n) is 4.79. The molecule has 3 aromatic rings. The van der Waals surface area contributed by atoms with Crippen LogP contribution < -0.4 is 5.73 Å². The number of benzene rings is 2. The van der Waals surface area contributed by atoms with Gasteiger partial charge in [0.1, 0.15) is 0 Å². The molecule has 0 amide bonds. The van der Waals surface area contributed by atoms with Gasteiger partial charge in [-0.3, -0.25) is 4.98 Å². The van der Waals surface area contributed by atoms with Crippen molar-refractivity contribution in [1.82, 2.24) is 9.97 Å². The molecular weight excluding hydrogens is 305 g/mol. The topological polar surface area (TPSA) is 51.8 Å². The Morgan fingerprint density at radius 2 is 1.62 bits per heavy atom. The maximum absolute atomic E-state index is 6.24. The number of nitrogens with two attached hydrogens (primary N) is 1. The van der Waals surface area contributed by atoms with Gasteiger partial charge in [-0.25, -0.2) is 4.98 Å². The van der Waals surface area contributed by atoms with Gasteiger partial charge in [0.25, 0.3) is 0 Å². The summed E-state index contributed by atoms with van der Waals surface area (Å²) in [5.41, 5.74) is 9.48. The lowest BCUT2D eigenvalue weighted by Gasteiger charge is -2.13. The Bertz CT molecular complexity index is 769. The van der Waals surface area contributed by atoms with Gasteiger partial charge in [0.15, 0.2) is 0 Å². The molecule has 2 N–H and O–H groups in total. The summed E-state index contributed by atoms with van der Waals surface area (Å²) < 4.78 is 0. The molecule has 3 nitrogen and oxygen atoms in total. The van der Waals surface area contributed by atoms with Gasteiger partial charge in [-0.15, -0.1) is 0 Å². The monoisotopic (exact) mass is 317 g/mol. The van der Waals surface area contributed by atoms with Crippen LogP contribution in [0.1, 0.15) is 17.3 Å². The van der Waals surface area contributed by atoms with E-state index in [4.69, 9.17) is 28.9 Å². The van der Waals surface area contributed by atoms with Crippen molar-refractivity contribution in [3.05, 3.63) is 70.0 Å². The van der Waals surface area contributed by atoms with Crippen molar-refractivity contribution >= 4 is 34.2 Å². The molecule has 1 atom stereocenters. The van der Waals surface area contributed by atoms with E-state index in [1.807, 2.05) is 42.5 Å². The third kappa shape index (κ3) is 3.00. The number of nitrogens with zero attached hydrogens (tertiary/aromatic N) is 2. The van der Waals surface area contributed by atoms with Gasteiger partial charge in [-0.1, -0.05) is 41.4 Å². The highest BCUT2D eigenvalue weighted by Crippen LogP contribution is 2.28. The number of aromatic nitrogens is 2. The summed E-state index contributed by atoms with van der Waals surface area (Å²) in [6.45, 7) is 0. The Hall–Kier alpha value is -1.68. The van der Waals surface area contributed by atoms with Crippen LogP contribution >= 0.6 is 23.2 Å². The van der Waals surface area contributed by atoms with Gasteiger partial charge >= 0.3 is 0 Å². The molecule has 0 spiro atoms. The largest absolute Gasteiger partial charge is 0.322 e. The van der Waals surface area contributed by atoms with Gasteiger partial charge in [-0.05, 0) is 36.2 Å². The number of para-hydroxylation sites is 2. The molecule has 0 saturated carbocycles. The quantitative estimate of drug-likeness (QED) is 0.788. The van der Waals surface area contributed by atoms with Crippen molar-refractivity contribution in [3.63, 3.8) is 0 Å². The highest BCUT2D eigenvalue weighted by Gasteiger charge is 2.14. The van der Waals surface area contributed by atoms with Crippen LogP contribution in [-0.2, 0) is 6.42 Å². The molecule has 0 aliphatic heterocycles. The summed E-state index contributed by atoms with van der Waals surface area (Å²) in [7, 11) is 0. The third-order valence-electron chi connectivity index (χ3n) is 3.33. The van der Waals surface area contributed by atoms with Gasteiger partial charge in [0.2, 0.25) is 0 Å². The molecule has 1 unspecified atom stereocenters. The zero-order chi connectivity index (χ0) is 14.8. The fourth-order valence-corrected chi connectivity index (χ4v) is 2.75. The summed E-state index contributed by atoms with van der Waals surface area (Å²) in [4.78, 5) is 8.94. The first-order valence-electron chi connectivity index (χ1n) is 6.55. The van der Waals surface area contributed by atoms with Gasteiger partial charge < -0.3 is 5.73 Å². The third-order valence-corrected chi connectivity index (χ3v) is 4.04. The molecule has 21 heavy (non-hydrogen) atoms. The van der Waals surface area contributed by atoms with E-state index >= 15 is 0 Å². The van der Waals surface area contributed by atoms with E-state index in [9.17, 15) is 0 Å². The summed E-state index contributed by atoms with van der Waals surface area (Å²) in [5, 5.41) is 1.23. The van der Waals surface area contributed by atoms with Crippen molar-refractivity contribution < 1.29 is 0 Å². The standard InChI is InChI=1S/C16H13Cl2N3/c17-11-4-3-5-12(18)10(11)8-13(19)16-9-20-14-6-1-2-7-15(14)21-16/h1-7,9,13H,8,19H2. The fourth-order valence-electron chi connectivity index (χ4n) is 2.20. The molecule has 2 aromatic carbocycles. The van der Waals surface area contributed by atoms with Crippen LogP contribution in [-0.4, -0.2) is 9.97 Å². The summed E-state index contributed by atoms with van der Waals surface area (Å²) in [5.74, 6) is 0. The highest BCUT2D eigenvalue weighted by molar-refractivity contribution is 6.36. The normalized spacial score (nSPS) is 12.5. The van der Waals surface area contributed by atoms with E-state index in [-0.39, 0.29) is 6.04 Å². The second-order valence-corrected chi connectivity index (χ2v) is 5.61. The van der Waals surface area contributed by atoms with Crippen LogP contribution in [0.4, 0.5) is 0 Å². The first-order chi connectivity index (χ1) is 10.1. The molecule has 0 fully saturated rings. The van der Waals surface area contributed by atoms with Gasteiger partial charge in [0.05, 0.1) is 29.0 Å². The Balaban J connectivity index is 1.91. The Kier molecular flexibility index (Phi) is 4.06. The minimum Gasteiger partial charge on any atom is -0.322 e. The van der Waals surface area contributed by atoms with Crippen LogP contribution in [0.5, 0.6) is 0 Å².